The van der Waals surface area contributed by atoms with Gasteiger partial charge in [-0.3, -0.25) is 9.69 Å². The van der Waals surface area contributed by atoms with Crippen molar-refractivity contribution in [3.05, 3.63) is 0 Å². The number of carbonyl (C=O) groups excluding carboxylic acids is 1. The third-order valence-electron chi connectivity index (χ3n) is 2.96. The average molecular weight is 197 g/mol. The van der Waals surface area contributed by atoms with E-state index >= 15 is 0 Å². The lowest BCUT2D eigenvalue weighted by Gasteiger charge is -2.31. The molecule has 1 aliphatic rings. The van der Waals surface area contributed by atoms with Gasteiger partial charge in [0, 0.05) is 0 Å². The molecule has 0 radical (unpaired) electrons. The molecule has 2 nitrogen and oxygen atoms in total. The average Bonchev–Trinajstić information content (AvgIpc) is 2.06. The molecule has 1 rings (SSSR count). The molecule has 1 saturated heterocycles. The SMILES string of the molecule is CC(=O)CN1CCC(CC(C)C)CC1. The van der Waals surface area contributed by atoms with Crippen LogP contribution in [0.2, 0.25) is 0 Å². The highest BCUT2D eigenvalue weighted by Crippen LogP contribution is 2.23. The lowest BCUT2D eigenvalue weighted by atomic mass is 9.88. The number of ketones is 1. The lowest BCUT2D eigenvalue weighted by molar-refractivity contribution is -0.118. The first-order valence-electron chi connectivity index (χ1n) is 5.79. The summed E-state index contributed by atoms with van der Waals surface area (Å²) >= 11 is 0. The Hall–Kier alpha value is -0.370. The van der Waals surface area contributed by atoms with E-state index in [4.69, 9.17) is 0 Å². The minimum atomic E-state index is 0.298. The predicted octanol–water partition coefficient (Wildman–Crippen LogP) is 2.33. The van der Waals surface area contributed by atoms with Gasteiger partial charge < -0.3 is 0 Å². The number of likely N-dealkylation sites (tertiary alicyclic amines) is 1. The number of hydrogen-bond acceptors (Lipinski definition) is 2. The van der Waals surface area contributed by atoms with Crippen molar-refractivity contribution in [1.29, 1.82) is 0 Å². The van der Waals surface area contributed by atoms with Crippen molar-refractivity contribution in [2.24, 2.45) is 11.8 Å². The van der Waals surface area contributed by atoms with Gasteiger partial charge in [0.1, 0.15) is 5.78 Å². The number of nitrogens with zero attached hydrogens (tertiary/aromatic N) is 1. The molecule has 0 aromatic heterocycles. The summed E-state index contributed by atoms with van der Waals surface area (Å²) in [5.74, 6) is 2.02. The molecular formula is C12H23NO. The largest absolute Gasteiger partial charge is 0.299 e. The molecule has 0 aromatic carbocycles. The van der Waals surface area contributed by atoms with Crippen LogP contribution in [0.25, 0.3) is 0 Å². The van der Waals surface area contributed by atoms with Crippen LogP contribution in [0.1, 0.15) is 40.0 Å². The maximum absolute atomic E-state index is 10.9. The number of piperidine rings is 1. The first-order valence-corrected chi connectivity index (χ1v) is 5.79. The van der Waals surface area contributed by atoms with E-state index in [1.54, 1.807) is 6.92 Å². The minimum Gasteiger partial charge on any atom is -0.299 e. The van der Waals surface area contributed by atoms with Gasteiger partial charge >= 0.3 is 0 Å². The summed E-state index contributed by atoms with van der Waals surface area (Å²) in [5, 5.41) is 0. The molecule has 0 aliphatic carbocycles. The van der Waals surface area contributed by atoms with E-state index in [0.29, 0.717) is 12.3 Å². The third-order valence-corrected chi connectivity index (χ3v) is 2.96. The zero-order valence-corrected chi connectivity index (χ0v) is 9.75. The Bertz CT molecular complexity index is 181. The van der Waals surface area contributed by atoms with Crippen LogP contribution in [-0.4, -0.2) is 30.3 Å². The zero-order chi connectivity index (χ0) is 10.6. The van der Waals surface area contributed by atoms with Gasteiger partial charge in [0.25, 0.3) is 0 Å². The predicted molar refractivity (Wildman–Crippen MR) is 59.3 cm³/mol. The topological polar surface area (TPSA) is 20.3 Å². The molecule has 1 fully saturated rings. The molecule has 0 amide bonds. The van der Waals surface area contributed by atoms with Crippen molar-refractivity contribution in [3.63, 3.8) is 0 Å². The Labute approximate surface area is 87.7 Å². The van der Waals surface area contributed by atoms with Crippen LogP contribution in [0.5, 0.6) is 0 Å². The van der Waals surface area contributed by atoms with E-state index in [-0.39, 0.29) is 0 Å². The minimum absolute atomic E-state index is 0.298. The first-order chi connectivity index (χ1) is 6.58. The molecular weight excluding hydrogens is 174 g/mol. The third kappa shape index (κ3) is 4.23. The van der Waals surface area contributed by atoms with Gasteiger partial charge in [0.2, 0.25) is 0 Å². The fourth-order valence-electron chi connectivity index (χ4n) is 2.36. The summed E-state index contributed by atoms with van der Waals surface area (Å²) in [6.07, 6.45) is 3.92. The molecule has 0 atom stereocenters. The second kappa shape index (κ2) is 5.50. The fraction of sp³-hybridized carbons (Fsp3) is 0.917. The van der Waals surface area contributed by atoms with Crippen LogP contribution in [0.3, 0.4) is 0 Å². The molecule has 0 unspecified atom stereocenters. The van der Waals surface area contributed by atoms with E-state index in [2.05, 4.69) is 18.7 Å². The van der Waals surface area contributed by atoms with Crippen LogP contribution in [-0.2, 0) is 4.79 Å². The van der Waals surface area contributed by atoms with E-state index in [1.165, 1.54) is 19.3 Å². The van der Waals surface area contributed by atoms with Gasteiger partial charge in [0.05, 0.1) is 6.54 Å². The second-order valence-corrected chi connectivity index (χ2v) is 5.05. The summed E-state index contributed by atoms with van der Waals surface area (Å²) < 4.78 is 0. The van der Waals surface area contributed by atoms with Gasteiger partial charge in [-0.2, -0.15) is 0 Å². The van der Waals surface area contributed by atoms with Crippen LogP contribution >= 0.6 is 0 Å². The van der Waals surface area contributed by atoms with Crippen molar-refractivity contribution in [3.8, 4) is 0 Å². The smallest absolute Gasteiger partial charge is 0.143 e. The maximum atomic E-state index is 10.9. The van der Waals surface area contributed by atoms with Crippen molar-refractivity contribution >= 4 is 5.78 Å². The molecule has 0 spiro atoms. The van der Waals surface area contributed by atoms with Gasteiger partial charge in [-0.25, -0.2) is 0 Å². The molecule has 0 N–H and O–H groups in total. The summed E-state index contributed by atoms with van der Waals surface area (Å²) in [6.45, 7) is 9.17. The summed E-state index contributed by atoms with van der Waals surface area (Å²) in [7, 11) is 0. The van der Waals surface area contributed by atoms with Gasteiger partial charge in [-0.05, 0) is 51.1 Å². The number of carbonyl (C=O) groups is 1. The molecule has 0 aromatic rings. The molecule has 2 heteroatoms. The molecule has 1 aliphatic heterocycles. The first kappa shape index (κ1) is 11.7. The molecule has 0 saturated carbocycles. The van der Waals surface area contributed by atoms with Crippen LogP contribution in [0.4, 0.5) is 0 Å². The number of Topliss-reactive ketones (excluding diaryl/α,β-unsaturated/α-hetero) is 1. The van der Waals surface area contributed by atoms with E-state index in [1.807, 2.05) is 0 Å². The van der Waals surface area contributed by atoms with Crippen molar-refractivity contribution in [1.82, 2.24) is 4.90 Å². The second-order valence-electron chi connectivity index (χ2n) is 5.05. The number of hydrogen-bond donors (Lipinski definition) is 0. The highest BCUT2D eigenvalue weighted by molar-refractivity contribution is 5.77. The zero-order valence-electron chi connectivity index (χ0n) is 9.75. The Morgan fingerprint density at radius 2 is 1.93 bits per heavy atom. The summed E-state index contributed by atoms with van der Waals surface area (Å²) in [5.41, 5.74) is 0. The molecule has 1 heterocycles. The van der Waals surface area contributed by atoms with Crippen LogP contribution < -0.4 is 0 Å². The summed E-state index contributed by atoms with van der Waals surface area (Å²) in [6, 6.07) is 0. The van der Waals surface area contributed by atoms with Crippen molar-refractivity contribution < 1.29 is 4.79 Å². The maximum Gasteiger partial charge on any atom is 0.143 e. The lowest BCUT2D eigenvalue weighted by Crippen LogP contribution is -2.37. The molecule has 82 valence electrons. The van der Waals surface area contributed by atoms with Crippen molar-refractivity contribution in [2.75, 3.05) is 19.6 Å². The Morgan fingerprint density at radius 1 is 1.36 bits per heavy atom. The Morgan fingerprint density at radius 3 is 2.36 bits per heavy atom. The summed E-state index contributed by atoms with van der Waals surface area (Å²) in [4.78, 5) is 13.2. The van der Waals surface area contributed by atoms with E-state index in [0.717, 1.165) is 24.9 Å². The van der Waals surface area contributed by atoms with E-state index < -0.39 is 0 Å². The standard InChI is InChI=1S/C12H23NO/c1-10(2)8-12-4-6-13(7-5-12)9-11(3)14/h10,12H,4-9H2,1-3H3. The highest BCUT2D eigenvalue weighted by atomic mass is 16.1. The monoisotopic (exact) mass is 197 g/mol. The highest BCUT2D eigenvalue weighted by Gasteiger charge is 2.20. The van der Waals surface area contributed by atoms with E-state index in [9.17, 15) is 4.79 Å². The van der Waals surface area contributed by atoms with Crippen molar-refractivity contribution in [2.45, 2.75) is 40.0 Å². The Kier molecular flexibility index (Phi) is 4.59. The Balaban J connectivity index is 2.21. The van der Waals surface area contributed by atoms with Gasteiger partial charge in [-0.15, -0.1) is 0 Å². The van der Waals surface area contributed by atoms with Gasteiger partial charge in [-0.1, -0.05) is 13.8 Å². The number of rotatable bonds is 4. The molecule has 14 heavy (non-hydrogen) atoms. The quantitative estimate of drug-likeness (QED) is 0.689. The van der Waals surface area contributed by atoms with Crippen LogP contribution in [0.15, 0.2) is 0 Å². The normalized spacial score (nSPS) is 20.3. The fourth-order valence-corrected chi connectivity index (χ4v) is 2.36. The molecule has 0 bridgehead atoms. The van der Waals surface area contributed by atoms with Crippen LogP contribution in [0, 0.1) is 11.8 Å². The van der Waals surface area contributed by atoms with Gasteiger partial charge in [0.15, 0.2) is 0 Å².